The number of anilines is 1. The van der Waals surface area contributed by atoms with Crippen LogP contribution in [-0.2, 0) is 14.4 Å². The Morgan fingerprint density at radius 3 is 1.80 bits per heavy atom. The van der Waals surface area contributed by atoms with Crippen molar-refractivity contribution >= 4 is 29.7 Å². The Morgan fingerprint density at radius 1 is 0.914 bits per heavy atom. The first-order valence-corrected chi connectivity index (χ1v) is 10.4. The van der Waals surface area contributed by atoms with Crippen LogP contribution < -0.4 is 16.0 Å². The number of halogens is 2. The van der Waals surface area contributed by atoms with Gasteiger partial charge in [-0.25, -0.2) is 8.78 Å². The van der Waals surface area contributed by atoms with Gasteiger partial charge in [-0.3, -0.25) is 14.4 Å². The third-order valence-corrected chi connectivity index (χ3v) is 4.67. The minimum atomic E-state index is -3.10. The van der Waals surface area contributed by atoms with Crippen LogP contribution in [0.3, 0.4) is 0 Å². The summed E-state index contributed by atoms with van der Waals surface area (Å²) >= 11 is 0. The summed E-state index contributed by atoms with van der Waals surface area (Å²) in [6.45, 7) is 9.44. The molecule has 0 saturated heterocycles. The fraction of sp³-hybridized carbons (Fsp3) is 0.231. The monoisotopic (exact) mass is 483 g/mol. The van der Waals surface area contributed by atoms with Gasteiger partial charge in [0.15, 0.2) is 0 Å². The largest absolute Gasteiger partial charge is 0.343 e. The number of hydrogen-bond donors (Lipinski definition) is 3. The summed E-state index contributed by atoms with van der Waals surface area (Å²) in [7, 11) is 0. The molecule has 184 valence electrons. The van der Waals surface area contributed by atoms with Gasteiger partial charge in [0.2, 0.25) is 11.8 Å². The number of rotatable bonds is 7. The van der Waals surface area contributed by atoms with E-state index >= 15 is 0 Å². The summed E-state index contributed by atoms with van der Waals surface area (Å²) in [5.41, 5.74) is -0.168. The van der Waals surface area contributed by atoms with Gasteiger partial charge < -0.3 is 20.7 Å². The maximum Gasteiger partial charge on any atom is 0.263 e. The van der Waals surface area contributed by atoms with Gasteiger partial charge in [-0.1, -0.05) is 11.8 Å². The van der Waals surface area contributed by atoms with Gasteiger partial charge >= 0.3 is 0 Å². The lowest BCUT2D eigenvalue weighted by Gasteiger charge is -2.34. The van der Waals surface area contributed by atoms with E-state index in [2.05, 4.69) is 35.6 Å². The number of benzene rings is 2. The van der Waals surface area contributed by atoms with Crippen LogP contribution in [0, 0.1) is 11.8 Å². The molecular formula is C26H27F2N3O4. The van der Waals surface area contributed by atoms with Crippen LogP contribution in [0.4, 0.5) is 14.5 Å². The summed E-state index contributed by atoms with van der Waals surface area (Å²) in [6.07, 6.45) is -2.93. The van der Waals surface area contributed by atoms with E-state index in [1.54, 1.807) is 36.4 Å². The average molecular weight is 484 g/mol. The van der Waals surface area contributed by atoms with Crippen molar-refractivity contribution in [3.63, 3.8) is 0 Å². The van der Waals surface area contributed by atoms with E-state index in [1.807, 2.05) is 5.32 Å². The molecule has 2 atom stereocenters. The highest BCUT2D eigenvalue weighted by molar-refractivity contribution is 5.96. The second kappa shape index (κ2) is 13.4. The SMILES string of the molecule is C=C.CC(=O)Nc1ccc(C#Cc2ccc(C(=O)NC(C=O)C(C)(NC(C)=O)C(F)F)cc2)cc1. The highest BCUT2D eigenvalue weighted by Gasteiger charge is 2.44. The van der Waals surface area contributed by atoms with E-state index in [4.69, 9.17) is 0 Å². The highest BCUT2D eigenvalue weighted by atomic mass is 19.3. The van der Waals surface area contributed by atoms with Gasteiger partial charge in [0.1, 0.15) is 17.9 Å². The molecular weight excluding hydrogens is 456 g/mol. The smallest absolute Gasteiger partial charge is 0.263 e. The van der Waals surface area contributed by atoms with Gasteiger partial charge in [0.05, 0.1) is 0 Å². The Kier molecular flexibility index (Phi) is 11.0. The van der Waals surface area contributed by atoms with Gasteiger partial charge in [-0.05, 0) is 55.5 Å². The Labute approximate surface area is 203 Å². The van der Waals surface area contributed by atoms with Crippen molar-refractivity contribution in [2.24, 2.45) is 0 Å². The number of alkyl halides is 2. The van der Waals surface area contributed by atoms with Crippen LogP contribution in [0.25, 0.3) is 0 Å². The molecule has 0 fully saturated rings. The number of hydrogen-bond acceptors (Lipinski definition) is 4. The van der Waals surface area contributed by atoms with Crippen LogP contribution in [0.1, 0.15) is 42.3 Å². The second-order valence-electron chi connectivity index (χ2n) is 7.44. The number of carbonyl (C=O) groups is 4. The molecule has 9 heteroatoms. The zero-order valence-electron chi connectivity index (χ0n) is 19.7. The van der Waals surface area contributed by atoms with Crippen LogP contribution in [0.2, 0.25) is 0 Å². The van der Waals surface area contributed by atoms with Crippen molar-refractivity contribution in [2.45, 2.75) is 38.8 Å². The lowest BCUT2D eigenvalue weighted by Crippen LogP contribution is -2.65. The quantitative estimate of drug-likeness (QED) is 0.319. The molecule has 3 amide bonds. The second-order valence-corrected chi connectivity index (χ2v) is 7.44. The molecule has 0 aromatic heterocycles. The van der Waals surface area contributed by atoms with Crippen molar-refractivity contribution in [3.05, 3.63) is 78.4 Å². The predicted molar refractivity (Wildman–Crippen MR) is 130 cm³/mol. The van der Waals surface area contributed by atoms with Crippen LogP contribution in [-0.4, -0.2) is 42.0 Å². The van der Waals surface area contributed by atoms with E-state index in [-0.39, 0.29) is 17.8 Å². The minimum Gasteiger partial charge on any atom is -0.343 e. The first-order valence-electron chi connectivity index (χ1n) is 10.4. The lowest BCUT2D eigenvalue weighted by atomic mass is 9.92. The number of aldehydes is 1. The maximum atomic E-state index is 13.5. The van der Waals surface area contributed by atoms with Crippen molar-refractivity contribution in [2.75, 3.05) is 5.32 Å². The molecule has 0 aliphatic carbocycles. The molecule has 35 heavy (non-hydrogen) atoms. The molecule has 0 radical (unpaired) electrons. The molecule has 0 aliphatic heterocycles. The zero-order valence-corrected chi connectivity index (χ0v) is 19.7. The Balaban J connectivity index is 0.00000298. The third kappa shape index (κ3) is 8.51. The third-order valence-electron chi connectivity index (χ3n) is 4.67. The van der Waals surface area contributed by atoms with E-state index in [9.17, 15) is 28.0 Å². The van der Waals surface area contributed by atoms with Gasteiger partial charge in [-0.2, -0.15) is 0 Å². The molecule has 2 rings (SSSR count). The van der Waals surface area contributed by atoms with Crippen molar-refractivity contribution < 1.29 is 28.0 Å². The first-order chi connectivity index (χ1) is 16.5. The van der Waals surface area contributed by atoms with Crippen molar-refractivity contribution in [3.8, 4) is 11.8 Å². The summed E-state index contributed by atoms with van der Waals surface area (Å²) < 4.78 is 27.1. The van der Waals surface area contributed by atoms with Crippen LogP contribution in [0.5, 0.6) is 0 Å². The summed E-state index contributed by atoms with van der Waals surface area (Å²) in [5, 5.41) is 6.94. The Bertz CT molecular complexity index is 1110. The molecule has 0 spiro atoms. The zero-order chi connectivity index (χ0) is 26.6. The standard InChI is InChI=1S/C24H23F2N3O4.C2H4/c1-15(31)27-20-12-8-18(9-13-20)5-4-17-6-10-19(11-7-17)22(33)28-21(14-30)24(3,23(25)26)29-16(2)32;1-2/h6-14,21,23H,1-3H3,(H,27,31)(H,28,33)(H,29,32);1-2H2. The molecule has 0 bridgehead atoms. The maximum absolute atomic E-state index is 13.5. The van der Waals surface area contributed by atoms with Gasteiger partial charge in [0, 0.05) is 36.2 Å². The van der Waals surface area contributed by atoms with Crippen molar-refractivity contribution in [1.82, 2.24) is 10.6 Å². The fourth-order valence-corrected chi connectivity index (χ4v) is 2.89. The molecule has 2 aromatic carbocycles. The number of amides is 3. The highest BCUT2D eigenvalue weighted by Crippen LogP contribution is 2.20. The topological polar surface area (TPSA) is 104 Å². The average Bonchev–Trinajstić information content (AvgIpc) is 2.82. The fourth-order valence-electron chi connectivity index (χ4n) is 2.89. The molecule has 7 nitrogen and oxygen atoms in total. The molecule has 0 heterocycles. The molecule has 3 N–H and O–H groups in total. The van der Waals surface area contributed by atoms with Gasteiger partial charge in [0.25, 0.3) is 12.3 Å². The van der Waals surface area contributed by atoms with Crippen molar-refractivity contribution in [1.29, 1.82) is 0 Å². The summed E-state index contributed by atoms with van der Waals surface area (Å²) in [4.78, 5) is 46.2. The predicted octanol–water partition coefficient (Wildman–Crippen LogP) is 3.30. The molecule has 2 aromatic rings. The van der Waals surface area contributed by atoms with E-state index in [1.165, 1.54) is 19.1 Å². The Morgan fingerprint density at radius 2 is 1.40 bits per heavy atom. The molecule has 0 aliphatic rings. The van der Waals surface area contributed by atoms with Crippen LogP contribution >= 0.6 is 0 Å². The minimum absolute atomic E-state index is 0.131. The normalized spacial score (nSPS) is 12.4. The summed E-state index contributed by atoms with van der Waals surface area (Å²) in [5.74, 6) is 4.19. The van der Waals surface area contributed by atoms with E-state index in [0.29, 0.717) is 16.8 Å². The number of nitrogens with one attached hydrogen (secondary N) is 3. The van der Waals surface area contributed by atoms with Gasteiger partial charge in [-0.15, -0.1) is 13.2 Å². The molecule has 0 saturated carbocycles. The number of carbonyl (C=O) groups excluding carboxylic acids is 4. The first kappa shape index (κ1) is 28.7. The van der Waals surface area contributed by atoms with E-state index in [0.717, 1.165) is 13.8 Å². The lowest BCUT2D eigenvalue weighted by molar-refractivity contribution is -0.125. The summed E-state index contributed by atoms with van der Waals surface area (Å²) in [6, 6.07) is 11.3. The molecule has 2 unspecified atom stereocenters. The Hall–Kier alpha value is -4.32. The van der Waals surface area contributed by atoms with Crippen LogP contribution in [0.15, 0.2) is 61.7 Å². The van der Waals surface area contributed by atoms with E-state index < -0.39 is 29.8 Å².